The molecule has 8 nitrogen and oxygen atoms in total. The molecule has 1 saturated heterocycles. The summed E-state index contributed by atoms with van der Waals surface area (Å²) >= 11 is 0. The SMILES string of the molecule is CCOP(=O)(OCC)c1ccc([C@H]2C[C@@H](C)CCN2Cc2c(OC)cc(C)c3c2ccn3C(=O)OC(C)(C)C)cc1. The van der Waals surface area contributed by atoms with Crippen molar-refractivity contribution < 1.29 is 27.9 Å². The maximum absolute atomic E-state index is 13.3. The van der Waals surface area contributed by atoms with Crippen molar-refractivity contribution in [3.05, 3.63) is 59.3 Å². The van der Waals surface area contributed by atoms with E-state index in [0.29, 0.717) is 31.0 Å². The highest BCUT2D eigenvalue weighted by Crippen LogP contribution is 2.47. The van der Waals surface area contributed by atoms with Gasteiger partial charge in [-0.2, -0.15) is 0 Å². The molecule has 0 bridgehead atoms. The fourth-order valence-electron chi connectivity index (χ4n) is 5.71. The third-order valence-electron chi connectivity index (χ3n) is 7.57. The van der Waals surface area contributed by atoms with Crippen molar-refractivity contribution in [2.75, 3.05) is 26.9 Å². The molecule has 1 aliphatic rings. The van der Waals surface area contributed by atoms with Crippen LogP contribution in [-0.4, -0.2) is 48.0 Å². The predicted octanol–water partition coefficient (Wildman–Crippen LogP) is 7.61. The molecule has 2 aromatic carbocycles. The lowest BCUT2D eigenvalue weighted by molar-refractivity contribution is 0.0544. The lowest BCUT2D eigenvalue weighted by Crippen LogP contribution is -2.36. The van der Waals surface area contributed by atoms with Crippen LogP contribution in [0.4, 0.5) is 4.79 Å². The Bertz CT molecular complexity index is 1400. The molecule has 224 valence electrons. The molecule has 9 heteroatoms. The molecule has 0 amide bonds. The summed E-state index contributed by atoms with van der Waals surface area (Å²) in [4.78, 5) is 15.5. The number of aryl methyl sites for hydroxylation is 1. The number of rotatable bonds is 9. The summed E-state index contributed by atoms with van der Waals surface area (Å²) in [5.74, 6) is 1.38. The van der Waals surface area contributed by atoms with Gasteiger partial charge >= 0.3 is 13.7 Å². The number of piperidine rings is 1. The van der Waals surface area contributed by atoms with Gasteiger partial charge in [0, 0.05) is 29.7 Å². The number of aromatic nitrogens is 1. The number of carbonyl (C=O) groups excluding carboxylic acids is 1. The van der Waals surface area contributed by atoms with E-state index in [1.807, 2.05) is 65.8 Å². The van der Waals surface area contributed by atoms with E-state index in [1.165, 1.54) is 0 Å². The van der Waals surface area contributed by atoms with Crippen LogP contribution in [-0.2, 0) is 24.9 Å². The zero-order valence-corrected chi connectivity index (χ0v) is 26.6. The maximum Gasteiger partial charge on any atom is 0.419 e. The summed E-state index contributed by atoms with van der Waals surface area (Å²) in [5.41, 5.74) is 3.40. The Morgan fingerprint density at radius 3 is 2.32 bits per heavy atom. The second kappa shape index (κ2) is 12.7. The van der Waals surface area contributed by atoms with Gasteiger partial charge in [-0.25, -0.2) is 4.79 Å². The van der Waals surface area contributed by atoms with Crippen LogP contribution in [0.15, 0.2) is 42.6 Å². The molecule has 1 aliphatic heterocycles. The van der Waals surface area contributed by atoms with Crippen LogP contribution >= 0.6 is 7.60 Å². The maximum atomic E-state index is 13.3. The summed E-state index contributed by atoms with van der Waals surface area (Å²) in [7, 11) is -1.65. The average Bonchev–Trinajstić information content (AvgIpc) is 3.37. The first-order valence-corrected chi connectivity index (χ1v) is 16.1. The van der Waals surface area contributed by atoms with Crippen LogP contribution < -0.4 is 10.0 Å². The molecule has 0 unspecified atom stereocenters. The zero-order valence-electron chi connectivity index (χ0n) is 25.7. The quantitative estimate of drug-likeness (QED) is 0.240. The van der Waals surface area contributed by atoms with Crippen molar-refractivity contribution >= 4 is 29.9 Å². The number of ether oxygens (including phenoxy) is 2. The summed E-state index contributed by atoms with van der Waals surface area (Å²) in [5, 5.41) is 1.56. The van der Waals surface area contributed by atoms with E-state index in [0.717, 1.165) is 52.7 Å². The highest BCUT2D eigenvalue weighted by molar-refractivity contribution is 7.62. The normalized spacial score (nSPS) is 18.5. The Morgan fingerprint density at radius 1 is 1.07 bits per heavy atom. The third-order valence-corrected chi connectivity index (χ3v) is 9.70. The monoisotopic (exact) mass is 584 g/mol. The first kappa shape index (κ1) is 31.3. The minimum absolute atomic E-state index is 0.167. The average molecular weight is 585 g/mol. The number of fused-ring (bicyclic) bond motifs is 1. The van der Waals surface area contributed by atoms with E-state index in [9.17, 15) is 9.36 Å². The molecule has 1 fully saturated rings. The second-order valence-corrected chi connectivity index (χ2v) is 13.9. The molecule has 2 heterocycles. The van der Waals surface area contributed by atoms with Crippen molar-refractivity contribution in [1.29, 1.82) is 0 Å². The van der Waals surface area contributed by atoms with Crippen molar-refractivity contribution in [1.82, 2.24) is 9.47 Å². The van der Waals surface area contributed by atoms with E-state index in [4.69, 9.17) is 18.5 Å². The fourth-order valence-corrected chi connectivity index (χ4v) is 7.27. The smallest absolute Gasteiger partial charge is 0.419 e. The van der Waals surface area contributed by atoms with Gasteiger partial charge in [0.1, 0.15) is 11.4 Å². The van der Waals surface area contributed by atoms with Gasteiger partial charge in [0.15, 0.2) is 0 Å². The highest BCUT2D eigenvalue weighted by atomic mass is 31.2. The van der Waals surface area contributed by atoms with E-state index < -0.39 is 19.3 Å². The van der Waals surface area contributed by atoms with Gasteiger partial charge in [-0.15, -0.1) is 0 Å². The van der Waals surface area contributed by atoms with Crippen LogP contribution in [0, 0.1) is 12.8 Å². The van der Waals surface area contributed by atoms with Gasteiger partial charge in [0.25, 0.3) is 0 Å². The molecule has 1 aromatic heterocycles. The van der Waals surface area contributed by atoms with Crippen LogP contribution in [0.2, 0.25) is 0 Å². The van der Waals surface area contributed by atoms with Crippen LogP contribution in [0.1, 0.15) is 77.1 Å². The van der Waals surface area contributed by atoms with Gasteiger partial charge < -0.3 is 18.5 Å². The van der Waals surface area contributed by atoms with E-state index in [1.54, 1.807) is 17.9 Å². The first-order valence-electron chi connectivity index (χ1n) is 14.5. The van der Waals surface area contributed by atoms with Gasteiger partial charge in [-0.3, -0.25) is 14.0 Å². The van der Waals surface area contributed by atoms with Gasteiger partial charge in [0.05, 0.1) is 31.1 Å². The van der Waals surface area contributed by atoms with Gasteiger partial charge in [0.2, 0.25) is 0 Å². The third kappa shape index (κ3) is 6.89. The number of methoxy groups -OCH3 is 1. The minimum Gasteiger partial charge on any atom is -0.496 e. The Labute approximate surface area is 244 Å². The fraction of sp³-hybridized carbons (Fsp3) is 0.531. The summed E-state index contributed by atoms with van der Waals surface area (Å²) in [6.07, 6.45) is 3.49. The highest BCUT2D eigenvalue weighted by Gasteiger charge is 2.31. The number of nitrogens with zero attached hydrogens (tertiary/aromatic N) is 2. The number of benzene rings is 2. The lowest BCUT2D eigenvalue weighted by Gasteiger charge is -2.39. The molecule has 4 rings (SSSR count). The van der Waals surface area contributed by atoms with Crippen molar-refractivity contribution in [3.63, 3.8) is 0 Å². The molecule has 41 heavy (non-hydrogen) atoms. The molecule has 0 spiro atoms. The van der Waals surface area contributed by atoms with Crippen LogP contribution in [0.3, 0.4) is 0 Å². The summed E-state index contributed by atoms with van der Waals surface area (Å²) in [6.45, 7) is 15.7. The van der Waals surface area contributed by atoms with Gasteiger partial charge in [-0.1, -0.05) is 19.1 Å². The molecule has 0 N–H and O–H groups in total. The molecular formula is C32H45N2O6P. The standard InChI is InChI=1S/C32H45N2O6P/c1-9-38-41(36,39-10-2)25-13-11-24(12-14-25)28-19-22(3)15-17-33(28)21-27-26-16-18-34(31(35)40-32(5,6)7)30(26)23(4)20-29(27)37-8/h11-14,16,18,20,22,28H,9-10,15,17,19,21H2,1-8H3/t22-,28+/m0/s1. The van der Waals surface area contributed by atoms with Gasteiger partial charge in [-0.05, 0) is 102 Å². The Balaban J connectivity index is 1.70. The zero-order chi connectivity index (χ0) is 29.9. The minimum atomic E-state index is -3.35. The molecule has 3 aromatic rings. The van der Waals surface area contributed by atoms with Crippen LogP contribution in [0.25, 0.3) is 10.9 Å². The Kier molecular flexibility index (Phi) is 9.70. The molecule has 2 atom stereocenters. The largest absolute Gasteiger partial charge is 0.496 e. The first-order chi connectivity index (χ1) is 19.4. The lowest BCUT2D eigenvalue weighted by atomic mass is 9.87. The van der Waals surface area contributed by atoms with E-state index in [2.05, 4.69) is 24.0 Å². The van der Waals surface area contributed by atoms with Crippen LogP contribution in [0.5, 0.6) is 5.75 Å². The predicted molar refractivity (Wildman–Crippen MR) is 163 cm³/mol. The summed E-state index contributed by atoms with van der Waals surface area (Å²) < 4.78 is 37.6. The Hall–Kier alpha value is -2.64. The number of likely N-dealkylation sites (tertiary alicyclic amines) is 1. The number of hydrogen-bond acceptors (Lipinski definition) is 7. The molecular weight excluding hydrogens is 539 g/mol. The van der Waals surface area contributed by atoms with Crippen molar-refractivity contribution in [2.24, 2.45) is 5.92 Å². The van der Waals surface area contributed by atoms with Crippen molar-refractivity contribution in [2.45, 2.75) is 79.5 Å². The van der Waals surface area contributed by atoms with E-state index in [-0.39, 0.29) is 6.04 Å². The number of carbonyl (C=O) groups is 1. The van der Waals surface area contributed by atoms with Crippen molar-refractivity contribution in [3.8, 4) is 5.75 Å². The molecule has 0 radical (unpaired) electrons. The Morgan fingerprint density at radius 2 is 1.73 bits per heavy atom. The molecule has 0 aliphatic carbocycles. The molecule has 0 saturated carbocycles. The second-order valence-electron chi connectivity index (χ2n) is 11.8. The number of hydrogen-bond donors (Lipinski definition) is 0. The summed E-state index contributed by atoms with van der Waals surface area (Å²) in [6, 6.07) is 12.0. The topological polar surface area (TPSA) is 79.2 Å². The van der Waals surface area contributed by atoms with E-state index >= 15 is 0 Å².